The molecule has 0 bridgehead atoms. The molecule has 0 aromatic rings. The molecule has 1 heterocycles. The molecule has 0 N–H and O–H groups in total. The van der Waals surface area contributed by atoms with Gasteiger partial charge in [0, 0.05) is 6.08 Å². The van der Waals surface area contributed by atoms with Crippen LogP contribution in [-0.4, -0.2) is 54.3 Å². The lowest BCUT2D eigenvalue weighted by Crippen LogP contribution is -2.55. The Labute approximate surface area is 142 Å². The van der Waals surface area contributed by atoms with Gasteiger partial charge in [0.2, 0.25) is 0 Å². The minimum Gasteiger partial charge on any atom is -0.467 e. The first-order valence-electron chi connectivity index (χ1n) is 7.61. The third kappa shape index (κ3) is 4.15. The first-order valence-corrected chi connectivity index (χ1v) is 7.61. The maximum atomic E-state index is 12.7. The number of esters is 2. The van der Waals surface area contributed by atoms with Gasteiger partial charge >= 0.3 is 18.0 Å². The van der Waals surface area contributed by atoms with Crippen molar-refractivity contribution in [2.75, 3.05) is 14.2 Å². The molecule has 0 saturated carbocycles. The predicted molar refractivity (Wildman–Crippen MR) is 87.2 cm³/mol. The number of hydrogen-bond acceptors (Lipinski definition) is 6. The van der Waals surface area contributed by atoms with Gasteiger partial charge in [-0.1, -0.05) is 12.2 Å². The Morgan fingerprint density at radius 3 is 2.29 bits per heavy atom. The number of likely N-dealkylation sites (tertiary alicyclic amines) is 1. The van der Waals surface area contributed by atoms with Gasteiger partial charge in [-0.3, -0.25) is 4.90 Å². The predicted octanol–water partition coefficient (Wildman–Crippen LogP) is 2.21. The Balaban J connectivity index is 3.24. The van der Waals surface area contributed by atoms with Crippen molar-refractivity contribution in [2.45, 2.75) is 50.8 Å². The van der Waals surface area contributed by atoms with Crippen molar-refractivity contribution in [3.63, 3.8) is 0 Å². The first-order chi connectivity index (χ1) is 11.1. The number of methoxy groups -OCH3 is 2. The zero-order valence-electron chi connectivity index (χ0n) is 14.8. The molecule has 1 rings (SSSR count). The molecule has 0 radical (unpaired) electrons. The highest BCUT2D eigenvalue weighted by atomic mass is 16.6. The van der Waals surface area contributed by atoms with Gasteiger partial charge in [-0.15, -0.1) is 6.58 Å². The van der Waals surface area contributed by atoms with Crippen LogP contribution in [0.2, 0.25) is 0 Å². The number of ether oxygens (including phenoxy) is 3. The summed E-state index contributed by atoms with van der Waals surface area (Å²) in [5.41, 5.74) is -2.07. The number of carbonyl (C=O) groups is 3. The minimum atomic E-state index is -1.33. The van der Waals surface area contributed by atoms with Crippen molar-refractivity contribution < 1.29 is 28.6 Å². The summed E-state index contributed by atoms with van der Waals surface area (Å²) < 4.78 is 14.8. The summed E-state index contributed by atoms with van der Waals surface area (Å²) in [6, 6.07) is -0.518. The van der Waals surface area contributed by atoms with E-state index in [1.165, 1.54) is 37.3 Å². The molecule has 0 aliphatic carbocycles. The van der Waals surface area contributed by atoms with Crippen LogP contribution >= 0.6 is 0 Å². The summed E-state index contributed by atoms with van der Waals surface area (Å²) in [6.45, 7) is 8.88. The van der Waals surface area contributed by atoms with Gasteiger partial charge in [0.1, 0.15) is 5.60 Å². The number of amides is 1. The molecule has 2 atom stereocenters. The maximum Gasteiger partial charge on any atom is 0.412 e. The molecular weight excluding hydrogens is 314 g/mol. The molecule has 0 spiro atoms. The quantitative estimate of drug-likeness (QED) is 0.338. The third-order valence-electron chi connectivity index (χ3n) is 3.71. The molecule has 1 aliphatic rings. The van der Waals surface area contributed by atoms with Crippen molar-refractivity contribution in [1.29, 1.82) is 0 Å². The average Bonchev–Trinajstić information content (AvgIpc) is 2.89. The topological polar surface area (TPSA) is 82.1 Å². The van der Waals surface area contributed by atoms with Crippen LogP contribution in [0.25, 0.3) is 0 Å². The van der Waals surface area contributed by atoms with E-state index >= 15 is 0 Å². The third-order valence-corrected chi connectivity index (χ3v) is 3.71. The molecule has 134 valence electrons. The summed E-state index contributed by atoms with van der Waals surface area (Å²) in [6.07, 6.45) is 4.22. The highest BCUT2D eigenvalue weighted by molar-refractivity contribution is 5.89. The fourth-order valence-corrected chi connectivity index (χ4v) is 2.62. The van der Waals surface area contributed by atoms with E-state index < -0.39 is 35.2 Å². The fourth-order valence-electron chi connectivity index (χ4n) is 2.62. The number of hydrogen-bond donors (Lipinski definition) is 0. The highest BCUT2D eigenvalue weighted by Gasteiger charge is 2.53. The van der Waals surface area contributed by atoms with Gasteiger partial charge < -0.3 is 14.2 Å². The van der Waals surface area contributed by atoms with E-state index in [1.54, 1.807) is 20.8 Å². The summed E-state index contributed by atoms with van der Waals surface area (Å²) in [7, 11) is 2.51. The van der Waals surface area contributed by atoms with Crippen LogP contribution in [0.3, 0.4) is 0 Å². The molecule has 0 aromatic heterocycles. The van der Waals surface area contributed by atoms with Crippen LogP contribution in [0.5, 0.6) is 0 Å². The van der Waals surface area contributed by atoms with Crippen molar-refractivity contribution in [1.82, 2.24) is 4.90 Å². The molecule has 24 heavy (non-hydrogen) atoms. The Morgan fingerprint density at radius 2 is 1.83 bits per heavy atom. The summed E-state index contributed by atoms with van der Waals surface area (Å²) in [5.74, 6) is -1.15. The zero-order valence-corrected chi connectivity index (χ0v) is 14.8. The standard InChI is InChI=1S/C17H25NO6/c1-7-17(14(20)23-6)11-10-12(8-9-13(19)22-5)18(17)15(21)24-16(2,3)4/h7-9,12H,1,10-11H2,2-6H3/b9-8+/t12-,17+/m0/s1. The van der Waals surface area contributed by atoms with E-state index in [-0.39, 0.29) is 0 Å². The van der Waals surface area contributed by atoms with Gasteiger partial charge in [-0.2, -0.15) is 0 Å². The summed E-state index contributed by atoms with van der Waals surface area (Å²) >= 11 is 0. The van der Waals surface area contributed by atoms with Crippen molar-refractivity contribution >= 4 is 18.0 Å². The van der Waals surface area contributed by atoms with Crippen LogP contribution in [0.4, 0.5) is 4.79 Å². The largest absolute Gasteiger partial charge is 0.467 e. The van der Waals surface area contributed by atoms with E-state index in [9.17, 15) is 14.4 Å². The second-order valence-electron chi connectivity index (χ2n) is 6.46. The van der Waals surface area contributed by atoms with Crippen molar-refractivity contribution in [2.24, 2.45) is 0 Å². The van der Waals surface area contributed by atoms with Crippen LogP contribution in [0.1, 0.15) is 33.6 Å². The molecule has 1 saturated heterocycles. The van der Waals surface area contributed by atoms with Gasteiger partial charge in [0.05, 0.1) is 20.3 Å². The molecule has 1 fully saturated rings. The lowest BCUT2D eigenvalue weighted by atomic mass is 9.97. The molecule has 1 amide bonds. The van der Waals surface area contributed by atoms with Crippen molar-refractivity contribution in [3.8, 4) is 0 Å². The molecule has 7 nitrogen and oxygen atoms in total. The van der Waals surface area contributed by atoms with E-state index in [4.69, 9.17) is 9.47 Å². The van der Waals surface area contributed by atoms with Gasteiger partial charge in [0.15, 0.2) is 5.54 Å². The normalized spacial score (nSPS) is 23.9. The maximum absolute atomic E-state index is 12.7. The molecule has 1 aliphatic heterocycles. The van der Waals surface area contributed by atoms with Crippen molar-refractivity contribution in [3.05, 3.63) is 24.8 Å². The van der Waals surface area contributed by atoms with Crippen LogP contribution in [0, 0.1) is 0 Å². The Hall–Kier alpha value is -2.31. The van der Waals surface area contributed by atoms with Crippen LogP contribution < -0.4 is 0 Å². The first kappa shape index (κ1) is 19.7. The van der Waals surface area contributed by atoms with Gasteiger partial charge in [0.25, 0.3) is 0 Å². The molecular formula is C17H25NO6. The summed E-state index contributed by atoms with van der Waals surface area (Å²) in [4.78, 5) is 37.6. The molecule has 7 heteroatoms. The minimum absolute atomic E-state index is 0.318. The highest BCUT2D eigenvalue weighted by Crippen LogP contribution is 2.38. The Bertz CT molecular complexity index is 548. The zero-order chi connectivity index (χ0) is 18.5. The van der Waals surface area contributed by atoms with E-state index in [0.717, 1.165) is 0 Å². The Kier molecular flexibility index (Phi) is 6.17. The Morgan fingerprint density at radius 1 is 1.21 bits per heavy atom. The lowest BCUT2D eigenvalue weighted by molar-refractivity contribution is -0.150. The van der Waals surface area contributed by atoms with Gasteiger partial charge in [-0.25, -0.2) is 14.4 Å². The summed E-state index contributed by atoms with van der Waals surface area (Å²) in [5, 5.41) is 0. The smallest absolute Gasteiger partial charge is 0.412 e. The van der Waals surface area contributed by atoms with E-state index in [0.29, 0.717) is 12.8 Å². The lowest BCUT2D eigenvalue weighted by Gasteiger charge is -2.36. The average molecular weight is 339 g/mol. The molecule has 0 unspecified atom stereocenters. The second-order valence-corrected chi connectivity index (χ2v) is 6.46. The van der Waals surface area contributed by atoms with E-state index in [1.807, 2.05) is 0 Å². The van der Waals surface area contributed by atoms with Crippen LogP contribution in [-0.2, 0) is 23.8 Å². The van der Waals surface area contributed by atoms with Crippen LogP contribution in [0.15, 0.2) is 24.8 Å². The van der Waals surface area contributed by atoms with Gasteiger partial charge in [-0.05, 0) is 33.6 Å². The fraction of sp³-hybridized carbons (Fsp3) is 0.588. The second kappa shape index (κ2) is 7.51. The number of rotatable bonds is 4. The molecule has 0 aromatic carbocycles. The van der Waals surface area contributed by atoms with E-state index in [2.05, 4.69) is 11.3 Å². The monoisotopic (exact) mass is 339 g/mol. The SMILES string of the molecule is C=C[C@]1(C(=O)OC)CC[C@H](/C=C/C(=O)OC)N1C(=O)OC(C)(C)C. The number of carbonyl (C=O) groups excluding carboxylic acids is 3. The number of nitrogens with zero attached hydrogens (tertiary/aromatic N) is 1.